The molecule has 0 amide bonds. The Balaban J connectivity index is 1.99. The summed E-state index contributed by atoms with van der Waals surface area (Å²) in [7, 11) is 0.837. The van der Waals surface area contributed by atoms with E-state index in [1.807, 2.05) is 31.3 Å². The van der Waals surface area contributed by atoms with Crippen LogP contribution in [0.25, 0.3) is 22.2 Å². The Bertz CT molecular complexity index is 862. The summed E-state index contributed by atoms with van der Waals surface area (Å²) in [6.07, 6.45) is 0. The number of fused-ring (bicyclic) bond motifs is 2. The van der Waals surface area contributed by atoms with Crippen molar-refractivity contribution in [3.05, 3.63) is 47.8 Å². The Hall–Kier alpha value is -2.18. The topological polar surface area (TPSA) is 47.3 Å². The van der Waals surface area contributed by atoms with Crippen molar-refractivity contribution < 1.29 is 14.1 Å². The van der Waals surface area contributed by atoms with Gasteiger partial charge in [-0.1, -0.05) is 18.2 Å². The summed E-state index contributed by atoms with van der Waals surface area (Å²) in [6.45, 7) is 0.233. The molecule has 0 saturated heterocycles. The SMILES string of the molecule is Cn1nc(-c2cc3c(cc2F)COB3O)c2ccccc21. The molecule has 1 aromatic heterocycles. The molecule has 1 aliphatic heterocycles. The summed E-state index contributed by atoms with van der Waals surface area (Å²) in [5.41, 5.74) is 3.19. The van der Waals surface area contributed by atoms with Crippen molar-refractivity contribution in [1.29, 1.82) is 0 Å². The fraction of sp³-hybridized carbons (Fsp3) is 0.133. The van der Waals surface area contributed by atoms with Gasteiger partial charge < -0.3 is 9.68 Å². The van der Waals surface area contributed by atoms with Gasteiger partial charge in [-0.15, -0.1) is 0 Å². The van der Waals surface area contributed by atoms with Crippen LogP contribution in [-0.4, -0.2) is 21.9 Å². The van der Waals surface area contributed by atoms with Crippen molar-refractivity contribution in [2.75, 3.05) is 0 Å². The number of hydrogen-bond donors (Lipinski definition) is 1. The smallest absolute Gasteiger partial charge is 0.423 e. The molecule has 0 saturated carbocycles. The van der Waals surface area contributed by atoms with Gasteiger partial charge in [0, 0.05) is 18.0 Å². The second kappa shape index (κ2) is 4.41. The van der Waals surface area contributed by atoms with E-state index < -0.39 is 7.12 Å². The lowest BCUT2D eigenvalue weighted by molar-refractivity contribution is 0.275. The number of aryl methyl sites for hydroxylation is 1. The average molecular weight is 282 g/mol. The first-order valence-corrected chi connectivity index (χ1v) is 6.69. The molecular weight excluding hydrogens is 270 g/mol. The van der Waals surface area contributed by atoms with E-state index in [-0.39, 0.29) is 12.4 Å². The highest BCUT2D eigenvalue weighted by Gasteiger charge is 2.29. The molecular formula is C15H12BFN2O2. The highest BCUT2D eigenvalue weighted by molar-refractivity contribution is 6.61. The molecule has 2 heterocycles. The van der Waals surface area contributed by atoms with Crippen LogP contribution >= 0.6 is 0 Å². The van der Waals surface area contributed by atoms with Crippen LogP contribution in [0.2, 0.25) is 0 Å². The first kappa shape index (κ1) is 12.6. The molecule has 4 nitrogen and oxygen atoms in total. The van der Waals surface area contributed by atoms with Crippen molar-refractivity contribution in [3.8, 4) is 11.3 Å². The van der Waals surface area contributed by atoms with E-state index in [4.69, 9.17) is 4.65 Å². The summed E-state index contributed by atoms with van der Waals surface area (Å²) in [4.78, 5) is 0. The zero-order chi connectivity index (χ0) is 14.6. The molecule has 1 N–H and O–H groups in total. The van der Waals surface area contributed by atoms with Crippen molar-refractivity contribution in [3.63, 3.8) is 0 Å². The van der Waals surface area contributed by atoms with Crippen LogP contribution in [0.4, 0.5) is 4.39 Å². The maximum Gasteiger partial charge on any atom is 0.491 e. The number of aromatic nitrogens is 2. The summed E-state index contributed by atoms with van der Waals surface area (Å²) in [5, 5.41) is 15.1. The Morgan fingerprint density at radius 3 is 3.00 bits per heavy atom. The first-order valence-electron chi connectivity index (χ1n) is 6.69. The number of benzene rings is 2. The molecule has 3 aromatic rings. The molecule has 0 aliphatic carbocycles. The Kier molecular flexibility index (Phi) is 2.64. The summed E-state index contributed by atoms with van der Waals surface area (Å²) in [5.74, 6) is -0.352. The molecule has 0 fully saturated rings. The molecule has 0 radical (unpaired) electrons. The van der Waals surface area contributed by atoms with E-state index >= 15 is 0 Å². The van der Waals surface area contributed by atoms with E-state index in [1.54, 1.807) is 10.7 Å². The van der Waals surface area contributed by atoms with Crippen molar-refractivity contribution >= 4 is 23.5 Å². The molecule has 0 atom stereocenters. The molecule has 0 bridgehead atoms. The van der Waals surface area contributed by atoms with E-state index in [9.17, 15) is 9.41 Å². The molecule has 21 heavy (non-hydrogen) atoms. The van der Waals surface area contributed by atoms with Crippen molar-refractivity contribution in [2.24, 2.45) is 7.05 Å². The minimum absolute atomic E-state index is 0.233. The fourth-order valence-corrected chi connectivity index (χ4v) is 2.84. The van der Waals surface area contributed by atoms with Crippen molar-refractivity contribution in [2.45, 2.75) is 6.61 Å². The summed E-state index contributed by atoms with van der Waals surface area (Å²) < 4.78 is 21.3. The minimum atomic E-state index is -0.991. The monoisotopic (exact) mass is 282 g/mol. The standard InChI is InChI=1S/C15H12BFN2O2/c1-19-14-5-3-2-4-10(14)15(18-19)11-7-12-9(6-13(11)17)8-21-16(12)20/h2-7,20H,8H2,1H3. The lowest BCUT2D eigenvalue weighted by atomic mass is 9.78. The predicted molar refractivity (Wildman–Crippen MR) is 78.5 cm³/mol. The molecule has 6 heteroatoms. The molecule has 4 rings (SSSR count). The van der Waals surface area contributed by atoms with Gasteiger partial charge in [0.2, 0.25) is 0 Å². The van der Waals surface area contributed by atoms with Crippen LogP contribution in [0.1, 0.15) is 5.56 Å². The molecule has 0 spiro atoms. The second-order valence-corrected chi connectivity index (χ2v) is 5.18. The fourth-order valence-electron chi connectivity index (χ4n) is 2.84. The van der Waals surface area contributed by atoms with Crippen LogP contribution in [0.3, 0.4) is 0 Å². The van der Waals surface area contributed by atoms with E-state index in [2.05, 4.69) is 5.10 Å². The van der Waals surface area contributed by atoms with Gasteiger partial charge in [0.1, 0.15) is 11.5 Å². The number of rotatable bonds is 1. The zero-order valence-electron chi connectivity index (χ0n) is 11.4. The van der Waals surface area contributed by atoms with Gasteiger partial charge in [0.25, 0.3) is 0 Å². The third-order valence-electron chi connectivity index (χ3n) is 3.90. The molecule has 2 aromatic carbocycles. The molecule has 104 valence electrons. The maximum atomic E-state index is 14.4. The third kappa shape index (κ3) is 1.80. The number of para-hydroxylation sites is 1. The van der Waals surface area contributed by atoms with Crippen LogP contribution in [-0.2, 0) is 18.3 Å². The third-order valence-corrected chi connectivity index (χ3v) is 3.90. The highest BCUT2D eigenvalue weighted by Crippen LogP contribution is 2.30. The van der Waals surface area contributed by atoms with Crippen LogP contribution in [0, 0.1) is 5.82 Å². The lowest BCUT2D eigenvalue weighted by Gasteiger charge is -2.05. The van der Waals surface area contributed by atoms with Gasteiger partial charge in [-0.25, -0.2) is 4.39 Å². The van der Waals surface area contributed by atoms with E-state index in [0.717, 1.165) is 10.9 Å². The average Bonchev–Trinajstić information content (AvgIpc) is 3.00. The quantitative estimate of drug-likeness (QED) is 0.690. The largest absolute Gasteiger partial charge is 0.491 e. The normalized spacial score (nSPS) is 14.0. The predicted octanol–water partition coefficient (Wildman–Crippen LogP) is 1.60. The highest BCUT2D eigenvalue weighted by atomic mass is 19.1. The maximum absolute atomic E-state index is 14.4. The summed E-state index contributed by atoms with van der Waals surface area (Å²) >= 11 is 0. The number of nitrogens with zero attached hydrogens (tertiary/aromatic N) is 2. The van der Waals surface area contributed by atoms with E-state index in [0.29, 0.717) is 22.3 Å². The van der Waals surface area contributed by atoms with Crippen molar-refractivity contribution in [1.82, 2.24) is 9.78 Å². The van der Waals surface area contributed by atoms with Gasteiger partial charge in [-0.3, -0.25) is 4.68 Å². The second-order valence-electron chi connectivity index (χ2n) is 5.18. The number of hydrogen-bond acceptors (Lipinski definition) is 3. The molecule has 1 aliphatic rings. The van der Waals surface area contributed by atoms with Crippen LogP contribution in [0.5, 0.6) is 0 Å². The van der Waals surface area contributed by atoms with Gasteiger partial charge in [-0.2, -0.15) is 5.10 Å². The van der Waals surface area contributed by atoms with Gasteiger partial charge in [0.05, 0.1) is 12.1 Å². The minimum Gasteiger partial charge on any atom is -0.423 e. The Morgan fingerprint density at radius 1 is 1.33 bits per heavy atom. The number of halogens is 1. The zero-order valence-corrected chi connectivity index (χ0v) is 11.4. The van der Waals surface area contributed by atoms with Gasteiger partial charge in [-0.05, 0) is 29.2 Å². The molecule has 0 unspecified atom stereocenters. The van der Waals surface area contributed by atoms with E-state index in [1.165, 1.54) is 6.07 Å². The van der Waals surface area contributed by atoms with Gasteiger partial charge in [0.15, 0.2) is 0 Å². The van der Waals surface area contributed by atoms with Crippen LogP contribution in [0.15, 0.2) is 36.4 Å². The Morgan fingerprint density at radius 2 is 2.14 bits per heavy atom. The van der Waals surface area contributed by atoms with Gasteiger partial charge >= 0.3 is 7.12 Å². The van der Waals surface area contributed by atoms with Crippen LogP contribution < -0.4 is 5.46 Å². The first-order chi connectivity index (χ1) is 10.1. The lowest BCUT2D eigenvalue weighted by Crippen LogP contribution is -2.28. The summed E-state index contributed by atoms with van der Waals surface area (Å²) in [6, 6.07) is 10.7. The Labute approximate surface area is 120 Å².